The number of halogens is 4. The Morgan fingerprint density at radius 2 is 0.941 bits per heavy atom. The quantitative estimate of drug-likeness (QED) is 0.129. The number of hydrogen-bond donors (Lipinski definition) is 0. The van der Waals surface area contributed by atoms with Crippen LogP contribution in [0.15, 0.2) is 48.1 Å². The first-order valence-electron chi connectivity index (χ1n) is 21.8. The number of alkyl halides is 2. The van der Waals surface area contributed by atoms with Gasteiger partial charge in [0, 0.05) is 22.7 Å². The van der Waals surface area contributed by atoms with Gasteiger partial charge in [-0.3, -0.25) is 0 Å². The Balaban J connectivity index is 1.06. The second-order valence-corrected chi connectivity index (χ2v) is 18.2. The molecule has 0 unspecified atom stereocenters. The molecule has 6 aliphatic rings. The first-order chi connectivity index (χ1) is 24.7. The molecule has 6 aliphatic carbocycles. The summed E-state index contributed by atoms with van der Waals surface area (Å²) in [6.45, 7) is 4.87. The van der Waals surface area contributed by atoms with E-state index in [1.807, 2.05) is 12.2 Å². The Hall–Kier alpha value is -1.36. The predicted molar refractivity (Wildman–Crippen MR) is 203 cm³/mol. The van der Waals surface area contributed by atoms with E-state index < -0.39 is 33.8 Å². The lowest BCUT2D eigenvalue weighted by Gasteiger charge is -2.53. The second kappa shape index (κ2) is 17.4. The van der Waals surface area contributed by atoms with Crippen molar-refractivity contribution >= 4 is 0 Å². The summed E-state index contributed by atoms with van der Waals surface area (Å²) in [6, 6.07) is 0. The van der Waals surface area contributed by atoms with E-state index in [1.165, 1.54) is 50.7 Å². The summed E-state index contributed by atoms with van der Waals surface area (Å²) in [5.74, 6) is -0.135. The molecule has 6 rings (SSSR count). The van der Waals surface area contributed by atoms with Crippen LogP contribution in [0.25, 0.3) is 0 Å². The molecule has 0 spiro atoms. The van der Waals surface area contributed by atoms with E-state index in [4.69, 9.17) is 4.74 Å². The molecule has 5 heteroatoms. The van der Waals surface area contributed by atoms with Gasteiger partial charge in [0.15, 0.2) is 11.3 Å². The Morgan fingerprint density at radius 3 is 1.27 bits per heavy atom. The summed E-state index contributed by atoms with van der Waals surface area (Å²) in [7, 11) is 0. The van der Waals surface area contributed by atoms with Crippen molar-refractivity contribution in [3.63, 3.8) is 0 Å². The van der Waals surface area contributed by atoms with Crippen LogP contribution in [0.2, 0.25) is 0 Å². The number of hydrogen-bond acceptors (Lipinski definition) is 1. The fraction of sp³-hybridized carbons (Fsp3) is 0.826. The van der Waals surface area contributed by atoms with Crippen molar-refractivity contribution in [1.29, 1.82) is 0 Å². The fourth-order valence-corrected chi connectivity index (χ4v) is 12.3. The zero-order valence-electron chi connectivity index (χ0n) is 32.2. The smallest absolute Gasteiger partial charge is 0.185 e. The first kappa shape index (κ1) is 39.3. The Kier molecular flexibility index (Phi) is 13.4. The van der Waals surface area contributed by atoms with Crippen molar-refractivity contribution in [3.8, 4) is 0 Å². The lowest BCUT2D eigenvalue weighted by Crippen LogP contribution is -2.52. The standard InChI is InChI=1S/C46H70F4O/c1-3-5-13-35-15-19-39(20-16-35)43(25-9-7-10-26-43)45(49)29-23-37(31-41(45)47)33-51-34-38-24-30-46(50,42(48)32-38)44(27-11-8-12-28-44)40-21-17-36(18-22-40)14-6-4-2/h23-24,29-32,35-40H,3-22,25-28,33-34H2,1-2H3/t35-,36-,37-,38-,39-,40-,45-,46-/m1/s1. The van der Waals surface area contributed by atoms with Crippen molar-refractivity contribution in [3.05, 3.63) is 48.1 Å². The van der Waals surface area contributed by atoms with Gasteiger partial charge in [0.1, 0.15) is 11.7 Å². The van der Waals surface area contributed by atoms with Crippen LogP contribution in [0.1, 0.15) is 168 Å². The monoisotopic (exact) mass is 715 g/mol. The van der Waals surface area contributed by atoms with E-state index >= 15 is 17.6 Å². The zero-order valence-corrected chi connectivity index (χ0v) is 32.2. The molecule has 0 heterocycles. The minimum atomic E-state index is -2.06. The lowest BCUT2D eigenvalue weighted by atomic mass is 9.53. The third-order valence-electron chi connectivity index (χ3n) is 15.3. The molecule has 4 fully saturated rings. The van der Waals surface area contributed by atoms with Crippen molar-refractivity contribution in [1.82, 2.24) is 0 Å². The fourth-order valence-electron chi connectivity index (χ4n) is 12.3. The molecule has 0 amide bonds. The summed E-state index contributed by atoms with van der Waals surface area (Å²) in [5.41, 5.74) is -5.45. The van der Waals surface area contributed by atoms with Gasteiger partial charge < -0.3 is 4.74 Å². The van der Waals surface area contributed by atoms with Crippen LogP contribution in [0.5, 0.6) is 0 Å². The van der Waals surface area contributed by atoms with Crippen LogP contribution < -0.4 is 0 Å². The molecule has 288 valence electrons. The molecular formula is C46H70F4O. The minimum Gasteiger partial charge on any atom is -0.380 e. The molecule has 0 aromatic heterocycles. The summed E-state index contributed by atoms with van der Waals surface area (Å²) in [4.78, 5) is 0. The van der Waals surface area contributed by atoms with Gasteiger partial charge in [0.2, 0.25) is 0 Å². The van der Waals surface area contributed by atoms with Gasteiger partial charge >= 0.3 is 0 Å². The highest BCUT2D eigenvalue weighted by molar-refractivity contribution is 5.35. The molecule has 0 aromatic carbocycles. The zero-order chi connectivity index (χ0) is 36.0. The predicted octanol–water partition coefficient (Wildman–Crippen LogP) is 14.4. The number of allylic oxidation sites excluding steroid dienone is 4. The lowest BCUT2D eigenvalue weighted by molar-refractivity contribution is -0.0590. The van der Waals surface area contributed by atoms with Crippen LogP contribution in [0.4, 0.5) is 17.6 Å². The maximum absolute atomic E-state index is 17.2. The van der Waals surface area contributed by atoms with Gasteiger partial charge in [0.25, 0.3) is 0 Å². The second-order valence-electron chi connectivity index (χ2n) is 18.2. The summed E-state index contributed by atoms with van der Waals surface area (Å²) >= 11 is 0. The van der Waals surface area contributed by atoms with Crippen LogP contribution >= 0.6 is 0 Å². The van der Waals surface area contributed by atoms with Crippen molar-refractivity contribution < 1.29 is 22.3 Å². The molecule has 0 radical (unpaired) electrons. The third-order valence-corrected chi connectivity index (χ3v) is 15.3. The van der Waals surface area contributed by atoms with Gasteiger partial charge in [-0.05, 0) is 99.3 Å². The summed E-state index contributed by atoms with van der Waals surface area (Å²) < 4.78 is 72.7. The Bertz CT molecular complexity index is 1130. The van der Waals surface area contributed by atoms with E-state index in [9.17, 15) is 0 Å². The molecule has 0 aliphatic heterocycles. The Labute approximate surface area is 308 Å². The van der Waals surface area contributed by atoms with E-state index in [-0.39, 0.29) is 36.9 Å². The van der Waals surface area contributed by atoms with Crippen LogP contribution in [-0.4, -0.2) is 24.6 Å². The van der Waals surface area contributed by atoms with E-state index in [0.29, 0.717) is 0 Å². The highest BCUT2D eigenvalue weighted by Crippen LogP contribution is 2.62. The van der Waals surface area contributed by atoms with Gasteiger partial charge in [-0.15, -0.1) is 0 Å². The van der Waals surface area contributed by atoms with Gasteiger partial charge in [0.05, 0.1) is 13.2 Å². The van der Waals surface area contributed by atoms with Gasteiger partial charge in [-0.25, -0.2) is 17.6 Å². The summed E-state index contributed by atoms with van der Waals surface area (Å²) in [6.07, 6.45) is 34.8. The van der Waals surface area contributed by atoms with Crippen molar-refractivity contribution in [2.75, 3.05) is 13.2 Å². The Morgan fingerprint density at radius 1 is 0.569 bits per heavy atom. The van der Waals surface area contributed by atoms with Crippen LogP contribution in [-0.2, 0) is 4.74 Å². The van der Waals surface area contributed by atoms with E-state index in [2.05, 4.69) is 13.8 Å². The third kappa shape index (κ3) is 8.05. The minimum absolute atomic E-state index is 0.196. The maximum Gasteiger partial charge on any atom is 0.185 e. The molecule has 1 nitrogen and oxygen atoms in total. The molecule has 4 atom stereocenters. The van der Waals surface area contributed by atoms with Gasteiger partial charge in [-0.1, -0.05) is 129 Å². The van der Waals surface area contributed by atoms with E-state index in [0.717, 1.165) is 127 Å². The summed E-state index contributed by atoms with van der Waals surface area (Å²) in [5, 5.41) is 0. The molecular weight excluding hydrogens is 644 g/mol. The number of unbranched alkanes of at least 4 members (excludes halogenated alkanes) is 2. The van der Waals surface area contributed by atoms with Crippen molar-refractivity contribution in [2.24, 2.45) is 46.3 Å². The van der Waals surface area contributed by atoms with Gasteiger partial charge in [-0.2, -0.15) is 0 Å². The highest BCUT2D eigenvalue weighted by Gasteiger charge is 2.60. The maximum atomic E-state index is 17.2. The topological polar surface area (TPSA) is 9.23 Å². The molecule has 51 heavy (non-hydrogen) atoms. The first-order valence-corrected chi connectivity index (χ1v) is 21.8. The molecule has 0 aromatic rings. The number of rotatable bonds is 14. The molecule has 0 bridgehead atoms. The average molecular weight is 715 g/mol. The van der Waals surface area contributed by atoms with Crippen LogP contribution in [0, 0.1) is 46.3 Å². The normalized spacial score (nSPS) is 38.2. The van der Waals surface area contributed by atoms with Crippen LogP contribution in [0.3, 0.4) is 0 Å². The van der Waals surface area contributed by atoms with Crippen molar-refractivity contribution in [2.45, 2.75) is 179 Å². The SMILES string of the molecule is CCCC[C@H]1CC[C@H](C2([C@@]3(F)C=C[C@@H](COC[C@@H]4C=C[C@](F)(C5([C@H]6CC[C@H](CCCC)CC6)CCCCC5)C(F)=C4)C=C3F)CCCCC2)CC1. The average Bonchev–Trinajstić information content (AvgIpc) is 3.17. The highest BCUT2D eigenvalue weighted by atomic mass is 19.2. The molecule has 0 saturated heterocycles. The largest absolute Gasteiger partial charge is 0.380 e. The van der Waals surface area contributed by atoms with E-state index in [1.54, 1.807) is 12.2 Å². The number of ether oxygens (including phenoxy) is 1. The molecule has 4 saturated carbocycles. The molecule has 0 N–H and O–H groups in total.